The first-order valence-electron chi connectivity index (χ1n) is 6.39. The summed E-state index contributed by atoms with van der Waals surface area (Å²) in [5, 5.41) is 0. The number of benzene rings is 1. The van der Waals surface area contributed by atoms with Crippen molar-refractivity contribution >= 4 is 17.3 Å². The summed E-state index contributed by atoms with van der Waals surface area (Å²) in [6.07, 6.45) is -0.762. The minimum Gasteiger partial charge on any atom is -0.374 e. The molecule has 0 aliphatic heterocycles. The van der Waals surface area contributed by atoms with E-state index in [1.165, 1.54) is 31.4 Å². The predicted octanol–water partition coefficient (Wildman–Crippen LogP) is 4.68. The maximum absolute atomic E-state index is 12.9. The zero-order valence-corrected chi connectivity index (χ0v) is 11.6. The summed E-state index contributed by atoms with van der Waals surface area (Å²) in [6, 6.07) is 4.39. The van der Waals surface area contributed by atoms with Gasteiger partial charge < -0.3 is 4.90 Å². The lowest BCUT2D eigenvalue weighted by Gasteiger charge is -2.31. The van der Waals surface area contributed by atoms with Gasteiger partial charge in [-0.25, -0.2) is 0 Å². The van der Waals surface area contributed by atoms with Crippen molar-refractivity contribution in [3.8, 4) is 0 Å². The van der Waals surface area contributed by atoms with E-state index in [0.29, 0.717) is 11.6 Å². The number of nitrogens with zero attached hydrogens (tertiary/aromatic N) is 1. The first-order chi connectivity index (χ1) is 8.91. The lowest BCUT2D eigenvalue weighted by Crippen LogP contribution is -2.29. The molecule has 1 aromatic rings. The Hall–Kier alpha value is -0.900. The highest BCUT2D eigenvalue weighted by molar-refractivity contribution is 6.17. The second-order valence-electron chi connectivity index (χ2n) is 5.15. The minimum atomic E-state index is -4.35. The lowest BCUT2D eigenvalue weighted by molar-refractivity contribution is -0.138. The first-order valence-corrected chi connectivity index (χ1v) is 6.92. The molecule has 0 saturated heterocycles. The van der Waals surface area contributed by atoms with Crippen LogP contribution in [0.1, 0.15) is 30.4 Å². The van der Waals surface area contributed by atoms with Crippen LogP contribution >= 0.6 is 11.6 Å². The van der Waals surface area contributed by atoms with Crippen LogP contribution in [0.15, 0.2) is 18.2 Å². The molecule has 0 atom stereocenters. The Bertz CT molecular complexity index is 441. The average Bonchev–Trinajstić information content (AvgIpc) is 2.31. The molecule has 1 aliphatic carbocycles. The highest BCUT2D eigenvalue weighted by Crippen LogP contribution is 2.36. The Labute approximate surface area is 116 Å². The van der Waals surface area contributed by atoms with Crippen LogP contribution < -0.4 is 4.90 Å². The summed E-state index contributed by atoms with van der Waals surface area (Å²) in [5.74, 6) is 0.494. The number of alkyl halides is 4. The van der Waals surface area contributed by atoms with Crippen LogP contribution in [0.25, 0.3) is 0 Å². The molecule has 0 bridgehead atoms. The Morgan fingerprint density at radius 1 is 1.32 bits per heavy atom. The van der Waals surface area contributed by atoms with Gasteiger partial charge in [-0.1, -0.05) is 12.5 Å². The first kappa shape index (κ1) is 14.5. The second-order valence-corrected chi connectivity index (χ2v) is 5.42. The van der Waals surface area contributed by atoms with E-state index in [2.05, 4.69) is 0 Å². The molecule has 0 aromatic heterocycles. The molecule has 0 amide bonds. The van der Waals surface area contributed by atoms with Crippen molar-refractivity contribution in [1.82, 2.24) is 0 Å². The van der Waals surface area contributed by atoms with Crippen LogP contribution in [0.3, 0.4) is 0 Å². The largest absolute Gasteiger partial charge is 0.416 e. The van der Waals surface area contributed by atoms with Gasteiger partial charge in [0.05, 0.1) is 5.56 Å². The summed E-state index contributed by atoms with van der Waals surface area (Å²) in [6.45, 7) is 0.817. The third-order valence-electron chi connectivity index (χ3n) is 3.74. The summed E-state index contributed by atoms with van der Waals surface area (Å²) < 4.78 is 38.8. The molecular weight excluding hydrogens is 275 g/mol. The fourth-order valence-electron chi connectivity index (χ4n) is 2.35. The predicted molar refractivity (Wildman–Crippen MR) is 71.6 cm³/mol. The van der Waals surface area contributed by atoms with E-state index in [9.17, 15) is 13.2 Å². The van der Waals surface area contributed by atoms with Crippen LogP contribution in [0.2, 0.25) is 0 Å². The van der Waals surface area contributed by atoms with Crippen molar-refractivity contribution in [1.29, 1.82) is 0 Å². The van der Waals surface area contributed by atoms with Crippen molar-refractivity contribution < 1.29 is 13.2 Å². The van der Waals surface area contributed by atoms with E-state index in [4.69, 9.17) is 11.6 Å². The Kier molecular flexibility index (Phi) is 4.29. The fraction of sp³-hybridized carbons (Fsp3) is 0.571. The number of halogens is 4. The summed E-state index contributed by atoms with van der Waals surface area (Å²) in [4.78, 5) is 1.90. The van der Waals surface area contributed by atoms with Gasteiger partial charge >= 0.3 is 6.18 Å². The number of hydrogen-bond acceptors (Lipinski definition) is 1. The molecule has 0 N–H and O–H groups in total. The molecular formula is C14H17ClF3N. The van der Waals surface area contributed by atoms with Gasteiger partial charge in [-0.05, 0) is 36.5 Å². The molecule has 0 unspecified atom stereocenters. The average molecular weight is 292 g/mol. The van der Waals surface area contributed by atoms with E-state index in [-0.39, 0.29) is 11.4 Å². The highest BCUT2D eigenvalue weighted by Gasteiger charge is 2.33. The second kappa shape index (κ2) is 5.61. The minimum absolute atomic E-state index is 0.124. The molecule has 5 heteroatoms. The zero-order chi connectivity index (χ0) is 14.0. The third-order valence-corrected chi connectivity index (χ3v) is 4.03. The van der Waals surface area contributed by atoms with E-state index in [1.807, 2.05) is 11.9 Å². The SMILES string of the molecule is CN(CC1CCC1)c1ccc(CCl)c(C(F)(F)F)c1. The van der Waals surface area contributed by atoms with E-state index in [0.717, 1.165) is 6.54 Å². The van der Waals surface area contributed by atoms with Crippen LogP contribution in [-0.2, 0) is 12.1 Å². The Balaban J connectivity index is 2.21. The maximum Gasteiger partial charge on any atom is 0.416 e. The monoisotopic (exact) mass is 291 g/mol. The maximum atomic E-state index is 12.9. The van der Waals surface area contributed by atoms with Gasteiger partial charge in [0.15, 0.2) is 0 Å². The van der Waals surface area contributed by atoms with Gasteiger partial charge in [-0.2, -0.15) is 13.2 Å². The number of anilines is 1. The van der Waals surface area contributed by atoms with Gasteiger partial charge in [-0.15, -0.1) is 11.6 Å². The topological polar surface area (TPSA) is 3.24 Å². The molecule has 19 heavy (non-hydrogen) atoms. The van der Waals surface area contributed by atoms with Crippen LogP contribution in [0, 0.1) is 5.92 Å². The van der Waals surface area contributed by atoms with E-state index < -0.39 is 11.7 Å². The van der Waals surface area contributed by atoms with Crippen molar-refractivity contribution in [3.63, 3.8) is 0 Å². The molecule has 1 aliphatic rings. The normalized spacial score (nSPS) is 16.3. The van der Waals surface area contributed by atoms with Crippen molar-refractivity contribution in [2.24, 2.45) is 5.92 Å². The zero-order valence-electron chi connectivity index (χ0n) is 10.8. The van der Waals surface area contributed by atoms with Crippen LogP contribution in [0.4, 0.5) is 18.9 Å². The van der Waals surface area contributed by atoms with Gasteiger partial charge in [0, 0.05) is 25.2 Å². The Morgan fingerprint density at radius 2 is 2.00 bits per heavy atom. The van der Waals surface area contributed by atoms with Gasteiger partial charge in [-0.3, -0.25) is 0 Å². The van der Waals surface area contributed by atoms with Crippen LogP contribution in [-0.4, -0.2) is 13.6 Å². The van der Waals surface area contributed by atoms with Crippen molar-refractivity contribution in [2.75, 3.05) is 18.5 Å². The molecule has 1 nitrogen and oxygen atoms in total. The summed E-state index contributed by atoms with van der Waals surface area (Å²) in [7, 11) is 1.84. The smallest absolute Gasteiger partial charge is 0.374 e. The molecule has 1 fully saturated rings. The molecule has 1 saturated carbocycles. The van der Waals surface area contributed by atoms with Crippen LogP contribution in [0.5, 0.6) is 0 Å². The van der Waals surface area contributed by atoms with Gasteiger partial charge in [0.25, 0.3) is 0 Å². The number of rotatable bonds is 4. The van der Waals surface area contributed by atoms with Gasteiger partial charge in [0.1, 0.15) is 0 Å². The standard InChI is InChI=1S/C14H17ClF3N/c1-19(9-10-3-2-4-10)12-6-5-11(8-15)13(7-12)14(16,17)18/h5-7,10H,2-4,8-9H2,1H3. The highest BCUT2D eigenvalue weighted by atomic mass is 35.5. The third kappa shape index (κ3) is 3.35. The lowest BCUT2D eigenvalue weighted by atomic mass is 9.85. The number of hydrogen-bond donors (Lipinski definition) is 0. The molecule has 0 heterocycles. The molecule has 0 spiro atoms. The molecule has 2 rings (SSSR count). The summed E-state index contributed by atoms with van der Waals surface area (Å²) >= 11 is 5.57. The van der Waals surface area contributed by atoms with E-state index in [1.54, 1.807) is 6.07 Å². The summed E-state index contributed by atoms with van der Waals surface area (Å²) in [5.41, 5.74) is 0.114. The van der Waals surface area contributed by atoms with Crippen molar-refractivity contribution in [3.05, 3.63) is 29.3 Å². The fourth-order valence-corrected chi connectivity index (χ4v) is 2.58. The van der Waals surface area contributed by atoms with Crippen molar-refractivity contribution in [2.45, 2.75) is 31.3 Å². The molecule has 0 radical (unpaired) electrons. The molecule has 106 valence electrons. The van der Waals surface area contributed by atoms with Gasteiger partial charge in [0.2, 0.25) is 0 Å². The quantitative estimate of drug-likeness (QED) is 0.728. The Morgan fingerprint density at radius 3 is 2.47 bits per heavy atom. The van der Waals surface area contributed by atoms with E-state index >= 15 is 0 Å². The molecule has 1 aromatic carbocycles.